The highest BCUT2D eigenvalue weighted by Gasteiger charge is 1.97. The summed E-state index contributed by atoms with van der Waals surface area (Å²) in [6, 6.07) is 6.89. The molecule has 0 saturated heterocycles. The molecule has 0 fully saturated rings. The Hall–Kier alpha value is -1.84. The number of nitrogens with one attached hydrogen (secondary N) is 2. The third-order valence-electron chi connectivity index (χ3n) is 1.55. The van der Waals surface area contributed by atoms with E-state index in [2.05, 4.69) is 15.2 Å². The van der Waals surface area contributed by atoms with Gasteiger partial charge in [0, 0.05) is 12.3 Å². The molecule has 0 aromatic carbocycles. The number of nitrogens with zero attached hydrogens (tertiary/aromatic N) is 1. The van der Waals surface area contributed by atoms with Gasteiger partial charge in [0.15, 0.2) is 0 Å². The van der Waals surface area contributed by atoms with Crippen LogP contribution in [0.4, 0.5) is 0 Å². The van der Waals surface area contributed by atoms with Gasteiger partial charge in [-0.1, -0.05) is 0 Å². The lowest BCUT2D eigenvalue weighted by Crippen LogP contribution is -2.05. The van der Waals surface area contributed by atoms with Crippen molar-refractivity contribution in [2.75, 3.05) is 0 Å². The van der Waals surface area contributed by atoms with Crippen LogP contribution in [-0.2, 0) is 0 Å². The Morgan fingerprint density at radius 1 is 1.25 bits per heavy atom. The zero-order valence-corrected chi connectivity index (χ0v) is 6.24. The fourth-order valence-electron chi connectivity index (χ4n) is 0.984. The van der Waals surface area contributed by atoms with Gasteiger partial charge < -0.3 is 4.98 Å². The normalized spacial score (nSPS) is 10.0. The first-order chi connectivity index (χ1) is 5.86. The van der Waals surface area contributed by atoms with Gasteiger partial charge in [-0.05, 0) is 18.2 Å². The predicted molar refractivity (Wildman–Crippen MR) is 44.6 cm³/mol. The van der Waals surface area contributed by atoms with Gasteiger partial charge in [0.1, 0.15) is 5.69 Å². The Balaban J connectivity index is 2.49. The zero-order valence-electron chi connectivity index (χ0n) is 6.24. The molecular formula is C8H7N3O. The van der Waals surface area contributed by atoms with Crippen LogP contribution in [0.5, 0.6) is 0 Å². The van der Waals surface area contributed by atoms with Crippen LogP contribution in [0.1, 0.15) is 0 Å². The molecule has 2 N–H and O–H groups in total. The summed E-state index contributed by atoms with van der Waals surface area (Å²) in [7, 11) is 0. The van der Waals surface area contributed by atoms with Crippen molar-refractivity contribution in [1.82, 2.24) is 15.2 Å². The van der Waals surface area contributed by atoms with E-state index in [0.717, 1.165) is 11.4 Å². The molecule has 0 aliphatic heterocycles. The van der Waals surface area contributed by atoms with E-state index in [0.29, 0.717) is 0 Å². The van der Waals surface area contributed by atoms with Crippen molar-refractivity contribution in [2.24, 2.45) is 0 Å². The van der Waals surface area contributed by atoms with E-state index in [1.165, 1.54) is 6.07 Å². The molecule has 0 unspecified atom stereocenters. The highest BCUT2D eigenvalue weighted by Crippen LogP contribution is 2.10. The molecule has 0 spiro atoms. The van der Waals surface area contributed by atoms with E-state index in [9.17, 15) is 4.79 Å². The maximum atomic E-state index is 10.7. The van der Waals surface area contributed by atoms with E-state index in [1.807, 2.05) is 18.3 Å². The van der Waals surface area contributed by atoms with E-state index in [4.69, 9.17) is 0 Å². The minimum atomic E-state index is -0.190. The van der Waals surface area contributed by atoms with Crippen molar-refractivity contribution < 1.29 is 0 Å². The van der Waals surface area contributed by atoms with Crippen molar-refractivity contribution in [3.63, 3.8) is 0 Å². The van der Waals surface area contributed by atoms with Gasteiger partial charge in [0.05, 0.1) is 5.69 Å². The minimum Gasteiger partial charge on any atom is -0.360 e. The average molecular weight is 161 g/mol. The lowest BCUT2D eigenvalue weighted by atomic mass is 10.3. The molecule has 0 atom stereocenters. The zero-order chi connectivity index (χ0) is 8.39. The summed E-state index contributed by atoms with van der Waals surface area (Å²) >= 11 is 0. The highest BCUT2D eigenvalue weighted by atomic mass is 16.1. The number of hydrogen-bond donors (Lipinski definition) is 2. The van der Waals surface area contributed by atoms with Crippen molar-refractivity contribution in [1.29, 1.82) is 0 Å². The van der Waals surface area contributed by atoms with Gasteiger partial charge in [-0.25, -0.2) is 5.10 Å². The van der Waals surface area contributed by atoms with Gasteiger partial charge in [-0.15, -0.1) is 0 Å². The minimum absolute atomic E-state index is 0.190. The van der Waals surface area contributed by atoms with E-state index < -0.39 is 0 Å². The lowest BCUT2D eigenvalue weighted by Gasteiger charge is -1.92. The molecule has 4 heteroatoms. The molecule has 0 radical (unpaired) electrons. The maximum Gasteiger partial charge on any atom is 0.264 e. The van der Waals surface area contributed by atoms with Crippen molar-refractivity contribution in [3.05, 3.63) is 40.8 Å². The smallest absolute Gasteiger partial charge is 0.264 e. The van der Waals surface area contributed by atoms with Crippen molar-refractivity contribution >= 4 is 0 Å². The Kier molecular flexibility index (Phi) is 1.51. The molecule has 0 aliphatic rings. The van der Waals surface area contributed by atoms with E-state index >= 15 is 0 Å². The molecule has 0 bridgehead atoms. The van der Waals surface area contributed by atoms with Crippen molar-refractivity contribution in [2.45, 2.75) is 0 Å². The fraction of sp³-hybridized carbons (Fsp3) is 0. The SMILES string of the molecule is O=c1ccc(-c2ccc[nH]2)n[nH]1. The second kappa shape index (κ2) is 2.65. The summed E-state index contributed by atoms with van der Waals surface area (Å²) in [4.78, 5) is 13.7. The largest absolute Gasteiger partial charge is 0.360 e. The van der Waals surface area contributed by atoms with Gasteiger partial charge in [-0.3, -0.25) is 4.79 Å². The first-order valence-electron chi connectivity index (χ1n) is 3.56. The summed E-state index contributed by atoms with van der Waals surface area (Å²) in [6.07, 6.45) is 1.81. The van der Waals surface area contributed by atoms with Crippen LogP contribution in [0.2, 0.25) is 0 Å². The van der Waals surface area contributed by atoms with Gasteiger partial charge in [0.25, 0.3) is 5.56 Å². The molecule has 0 aliphatic carbocycles. The summed E-state index contributed by atoms with van der Waals surface area (Å²) < 4.78 is 0. The number of rotatable bonds is 1. The summed E-state index contributed by atoms with van der Waals surface area (Å²) in [5, 5.41) is 6.21. The quantitative estimate of drug-likeness (QED) is 0.648. The standard InChI is InChI=1S/C8H7N3O/c12-8-4-3-7(10-11-8)6-2-1-5-9-6/h1-5,9H,(H,11,12). The molecule has 2 heterocycles. The highest BCUT2D eigenvalue weighted by molar-refractivity contribution is 5.52. The molecule has 2 rings (SSSR count). The van der Waals surface area contributed by atoms with Crippen LogP contribution >= 0.6 is 0 Å². The summed E-state index contributed by atoms with van der Waals surface area (Å²) in [5.41, 5.74) is 1.44. The molecular weight excluding hydrogens is 154 g/mol. The molecule has 12 heavy (non-hydrogen) atoms. The molecule has 2 aromatic rings. The maximum absolute atomic E-state index is 10.7. The summed E-state index contributed by atoms with van der Waals surface area (Å²) in [6.45, 7) is 0. The first-order valence-corrected chi connectivity index (χ1v) is 3.56. The first kappa shape index (κ1) is 6.84. The molecule has 0 saturated carbocycles. The summed E-state index contributed by atoms with van der Waals surface area (Å²) in [5.74, 6) is 0. The molecule has 0 amide bonds. The van der Waals surface area contributed by atoms with Crippen LogP contribution in [0.25, 0.3) is 11.4 Å². The van der Waals surface area contributed by atoms with Crippen LogP contribution in [0, 0.1) is 0 Å². The Morgan fingerprint density at radius 2 is 2.17 bits per heavy atom. The van der Waals surface area contributed by atoms with Crippen LogP contribution in [0.15, 0.2) is 35.3 Å². The average Bonchev–Trinajstić information content (AvgIpc) is 2.58. The molecule has 2 aromatic heterocycles. The number of hydrogen-bond acceptors (Lipinski definition) is 2. The van der Waals surface area contributed by atoms with Crippen LogP contribution in [0.3, 0.4) is 0 Å². The molecule has 4 nitrogen and oxygen atoms in total. The monoisotopic (exact) mass is 161 g/mol. The van der Waals surface area contributed by atoms with Gasteiger partial charge in [0.2, 0.25) is 0 Å². The second-order valence-corrected chi connectivity index (χ2v) is 2.39. The Labute approximate surface area is 68.3 Å². The van der Waals surface area contributed by atoms with Gasteiger partial charge in [-0.2, -0.15) is 5.10 Å². The Morgan fingerprint density at radius 3 is 2.75 bits per heavy atom. The number of aromatic nitrogens is 3. The van der Waals surface area contributed by atoms with Crippen molar-refractivity contribution in [3.8, 4) is 11.4 Å². The Bertz CT molecular complexity index is 396. The molecule has 60 valence electrons. The third-order valence-corrected chi connectivity index (χ3v) is 1.55. The second-order valence-electron chi connectivity index (χ2n) is 2.39. The van der Waals surface area contributed by atoms with Crippen LogP contribution in [-0.4, -0.2) is 15.2 Å². The number of aromatic amines is 2. The predicted octanol–water partition coefficient (Wildman–Crippen LogP) is 0.765. The fourth-order valence-corrected chi connectivity index (χ4v) is 0.984. The number of H-pyrrole nitrogens is 2. The topological polar surface area (TPSA) is 61.5 Å². The van der Waals surface area contributed by atoms with Crippen LogP contribution < -0.4 is 5.56 Å². The lowest BCUT2D eigenvalue weighted by molar-refractivity contribution is 0.991. The van der Waals surface area contributed by atoms with Gasteiger partial charge >= 0.3 is 0 Å². The third kappa shape index (κ3) is 1.14. The van der Waals surface area contributed by atoms with E-state index in [-0.39, 0.29) is 5.56 Å². The van der Waals surface area contributed by atoms with E-state index in [1.54, 1.807) is 6.07 Å².